The molecule has 8 heteroatoms. The third-order valence-corrected chi connectivity index (χ3v) is 5.50. The van der Waals surface area contributed by atoms with Crippen molar-refractivity contribution < 1.29 is 9.13 Å². The van der Waals surface area contributed by atoms with Crippen molar-refractivity contribution in [1.82, 2.24) is 30.1 Å². The fraction of sp³-hybridized carbons (Fsp3) is 0.478. The van der Waals surface area contributed by atoms with E-state index in [1.165, 1.54) is 12.1 Å². The molecular weight excluding hydrogens is 395 g/mol. The molecule has 3 aromatic rings. The third-order valence-electron chi connectivity index (χ3n) is 5.50. The van der Waals surface area contributed by atoms with E-state index in [1.54, 1.807) is 6.20 Å². The first kappa shape index (κ1) is 21.5. The van der Waals surface area contributed by atoms with Gasteiger partial charge in [0.25, 0.3) is 0 Å². The van der Waals surface area contributed by atoms with Gasteiger partial charge in [0, 0.05) is 32.1 Å². The summed E-state index contributed by atoms with van der Waals surface area (Å²) in [5.74, 6) is 0.455. The molecule has 4 rings (SSSR count). The maximum Gasteiger partial charge on any atom is 0.173 e. The van der Waals surface area contributed by atoms with E-state index in [0.717, 1.165) is 36.4 Å². The van der Waals surface area contributed by atoms with Gasteiger partial charge >= 0.3 is 0 Å². The van der Waals surface area contributed by atoms with Gasteiger partial charge in [0.1, 0.15) is 5.82 Å². The van der Waals surface area contributed by atoms with Gasteiger partial charge < -0.3 is 4.74 Å². The number of nitrogens with zero attached hydrogens (tertiary/aromatic N) is 6. The minimum absolute atomic E-state index is 0.138. The van der Waals surface area contributed by atoms with Crippen LogP contribution in [0.1, 0.15) is 56.6 Å². The van der Waals surface area contributed by atoms with Crippen molar-refractivity contribution in [2.75, 3.05) is 13.2 Å². The molecular formula is C23H29FN6O. The van der Waals surface area contributed by atoms with E-state index in [1.807, 2.05) is 29.1 Å². The molecule has 1 aliphatic rings. The summed E-state index contributed by atoms with van der Waals surface area (Å²) in [5, 5.41) is 12.7. The van der Waals surface area contributed by atoms with Crippen LogP contribution in [0.5, 0.6) is 0 Å². The van der Waals surface area contributed by atoms with Crippen LogP contribution in [-0.4, -0.2) is 49.3 Å². The second-order valence-corrected chi connectivity index (χ2v) is 9.00. The number of pyridine rings is 1. The Bertz CT molecular complexity index is 964. The van der Waals surface area contributed by atoms with Crippen molar-refractivity contribution >= 4 is 0 Å². The van der Waals surface area contributed by atoms with E-state index in [9.17, 15) is 4.39 Å². The molecule has 0 amide bonds. The van der Waals surface area contributed by atoms with Crippen LogP contribution < -0.4 is 0 Å². The normalized spacial score (nSPS) is 17.9. The first-order chi connectivity index (χ1) is 14.9. The molecule has 0 spiro atoms. The van der Waals surface area contributed by atoms with E-state index in [2.05, 4.69) is 52.2 Å². The summed E-state index contributed by atoms with van der Waals surface area (Å²) < 4.78 is 21.6. The molecule has 0 N–H and O–H groups in total. The van der Waals surface area contributed by atoms with E-state index in [-0.39, 0.29) is 23.5 Å². The average Bonchev–Trinajstić information content (AvgIpc) is 3.42. The Labute approximate surface area is 182 Å². The molecule has 3 heterocycles. The first-order valence-corrected chi connectivity index (χ1v) is 10.7. The molecule has 1 saturated heterocycles. The molecule has 0 bridgehead atoms. The van der Waals surface area contributed by atoms with Gasteiger partial charge in [-0.25, -0.2) is 9.07 Å². The van der Waals surface area contributed by atoms with Crippen LogP contribution >= 0.6 is 0 Å². The maximum absolute atomic E-state index is 13.7. The summed E-state index contributed by atoms with van der Waals surface area (Å²) in [5.41, 5.74) is 1.71. The molecule has 1 aliphatic heterocycles. The van der Waals surface area contributed by atoms with Crippen molar-refractivity contribution in [1.29, 1.82) is 0 Å². The fourth-order valence-corrected chi connectivity index (χ4v) is 4.05. The van der Waals surface area contributed by atoms with E-state index < -0.39 is 0 Å². The Hall–Kier alpha value is -2.71. The van der Waals surface area contributed by atoms with Gasteiger partial charge in [-0.05, 0) is 73.4 Å². The van der Waals surface area contributed by atoms with Crippen LogP contribution in [0.2, 0.25) is 0 Å². The lowest BCUT2D eigenvalue weighted by Gasteiger charge is -2.34. The zero-order chi connectivity index (χ0) is 21.8. The van der Waals surface area contributed by atoms with Crippen LogP contribution in [0.25, 0.3) is 0 Å². The minimum Gasteiger partial charge on any atom is -0.377 e. The standard InChI is InChI=1S/C23H29FN6O/c1-23(2,3)30-22(26-27-28-30)21(18-8-10-19(24)11-9-18)29(16-20-7-5-13-31-20)15-17-6-4-12-25-14-17/h4,6,8-12,14,20-21H,5,7,13,15-16H2,1-3H3/t20-,21-/m1/s1. The average molecular weight is 425 g/mol. The Morgan fingerprint density at radius 1 is 1.23 bits per heavy atom. The highest BCUT2D eigenvalue weighted by Crippen LogP contribution is 2.32. The number of halogens is 1. The quantitative estimate of drug-likeness (QED) is 0.576. The molecule has 0 radical (unpaired) electrons. The van der Waals surface area contributed by atoms with Gasteiger partial charge in [0.05, 0.1) is 17.7 Å². The van der Waals surface area contributed by atoms with Gasteiger partial charge in [0.15, 0.2) is 5.82 Å². The zero-order valence-corrected chi connectivity index (χ0v) is 18.3. The number of ether oxygens (including phenoxy) is 1. The lowest BCUT2D eigenvalue weighted by Crippen LogP contribution is -2.39. The lowest BCUT2D eigenvalue weighted by molar-refractivity contribution is 0.0566. The van der Waals surface area contributed by atoms with Crippen LogP contribution in [0.15, 0.2) is 48.8 Å². The topological polar surface area (TPSA) is 69.0 Å². The molecule has 1 fully saturated rings. The summed E-state index contributed by atoms with van der Waals surface area (Å²) in [7, 11) is 0. The van der Waals surface area contributed by atoms with Gasteiger partial charge in [-0.1, -0.05) is 18.2 Å². The van der Waals surface area contributed by atoms with Gasteiger partial charge in [0.2, 0.25) is 0 Å². The second-order valence-electron chi connectivity index (χ2n) is 9.00. The highest BCUT2D eigenvalue weighted by atomic mass is 19.1. The SMILES string of the molecule is CC(C)(C)n1nnnc1[C@@H](c1ccc(F)cc1)N(Cc1cccnc1)C[C@H]1CCCO1. The van der Waals surface area contributed by atoms with Gasteiger partial charge in [-0.2, -0.15) is 0 Å². The van der Waals surface area contributed by atoms with Gasteiger partial charge in [-0.15, -0.1) is 5.10 Å². The van der Waals surface area contributed by atoms with Crippen molar-refractivity contribution in [3.63, 3.8) is 0 Å². The predicted octanol–water partition coefficient (Wildman–Crippen LogP) is 3.73. The summed E-state index contributed by atoms with van der Waals surface area (Å²) in [6.07, 6.45) is 5.86. The number of rotatable bonds is 7. The predicted molar refractivity (Wildman–Crippen MR) is 115 cm³/mol. The van der Waals surface area contributed by atoms with Crippen LogP contribution in [0, 0.1) is 5.82 Å². The highest BCUT2D eigenvalue weighted by Gasteiger charge is 2.33. The molecule has 31 heavy (non-hydrogen) atoms. The lowest BCUT2D eigenvalue weighted by atomic mass is 10.0. The Balaban J connectivity index is 1.79. The summed E-state index contributed by atoms with van der Waals surface area (Å²) in [4.78, 5) is 6.59. The molecule has 2 atom stereocenters. The molecule has 1 aromatic carbocycles. The summed E-state index contributed by atoms with van der Waals surface area (Å²) in [6, 6.07) is 10.3. The minimum atomic E-state index is -0.305. The molecule has 164 valence electrons. The Morgan fingerprint density at radius 3 is 2.68 bits per heavy atom. The number of benzene rings is 1. The molecule has 0 aliphatic carbocycles. The molecule has 7 nitrogen and oxygen atoms in total. The van der Waals surface area contributed by atoms with Crippen molar-refractivity contribution in [3.8, 4) is 0 Å². The van der Waals surface area contributed by atoms with Gasteiger partial charge in [-0.3, -0.25) is 9.88 Å². The third kappa shape index (κ3) is 5.14. The maximum atomic E-state index is 13.7. The highest BCUT2D eigenvalue weighted by molar-refractivity contribution is 5.26. The fourth-order valence-electron chi connectivity index (χ4n) is 4.05. The van der Waals surface area contributed by atoms with Crippen molar-refractivity contribution in [3.05, 3.63) is 71.6 Å². The summed E-state index contributed by atoms with van der Waals surface area (Å²) >= 11 is 0. The molecule has 0 unspecified atom stereocenters. The zero-order valence-electron chi connectivity index (χ0n) is 18.3. The Kier molecular flexibility index (Phi) is 6.38. The largest absolute Gasteiger partial charge is 0.377 e. The van der Waals surface area contributed by atoms with Crippen LogP contribution in [-0.2, 0) is 16.8 Å². The smallest absolute Gasteiger partial charge is 0.173 e. The van der Waals surface area contributed by atoms with Crippen LogP contribution in [0.3, 0.4) is 0 Å². The number of hydrogen-bond donors (Lipinski definition) is 0. The van der Waals surface area contributed by atoms with Crippen molar-refractivity contribution in [2.45, 2.75) is 57.8 Å². The van der Waals surface area contributed by atoms with Crippen LogP contribution in [0.4, 0.5) is 4.39 Å². The summed E-state index contributed by atoms with van der Waals surface area (Å²) in [6.45, 7) is 8.35. The van der Waals surface area contributed by atoms with Crippen molar-refractivity contribution in [2.24, 2.45) is 0 Å². The number of aromatic nitrogens is 5. The number of hydrogen-bond acceptors (Lipinski definition) is 6. The first-order valence-electron chi connectivity index (χ1n) is 10.7. The molecule has 2 aromatic heterocycles. The van der Waals surface area contributed by atoms with E-state index in [4.69, 9.17) is 4.74 Å². The monoisotopic (exact) mass is 424 g/mol. The molecule has 0 saturated carbocycles. The van der Waals surface area contributed by atoms with E-state index >= 15 is 0 Å². The number of tetrazole rings is 1. The Morgan fingerprint density at radius 2 is 2.03 bits per heavy atom. The second kappa shape index (κ2) is 9.20. The van der Waals surface area contributed by atoms with E-state index in [0.29, 0.717) is 13.1 Å².